The lowest BCUT2D eigenvalue weighted by Gasteiger charge is -2.29. The number of carbonyl (C=O) groups excluding carboxylic acids is 8. The van der Waals surface area contributed by atoms with E-state index in [1.807, 2.05) is 0 Å². The molecule has 0 spiro atoms. The molecule has 26 nitrogen and oxygen atoms in total. The van der Waals surface area contributed by atoms with Crippen LogP contribution in [0, 0.1) is 5.92 Å². The average molecular weight is 948 g/mol. The molecule has 67 heavy (non-hydrogen) atoms. The Morgan fingerprint density at radius 2 is 1.33 bits per heavy atom. The lowest BCUT2D eigenvalue weighted by molar-refractivity contribution is -0.142. The van der Waals surface area contributed by atoms with Gasteiger partial charge < -0.3 is 80.4 Å². The number of nitrogens with zero attached hydrogens (tertiary/aromatic N) is 2. The number of phenols is 1. The van der Waals surface area contributed by atoms with E-state index in [2.05, 4.69) is 42.2 Å². The van der Waals surface area contributed by atoms with E-state index in [0.717, 1.165) is 0 Å². The first-order chi connectivity index (χ1) is 31.7. The molecule has 1 fully saturated rings. The van der Waals surface area contributed by atoms with Crippen LogP contribution in [0.25, 0.3) is 0 Å². The Kier molecular flexibility index (Phi) is 24.0. The third-order valence-electron chi connectivity index (χ3n) is 10.3. The molecule has 26 heteroatoms. The van der Waals surface area contributed by atoms with E-state index in [9.17, 15) is 63.3 Å². The second-order valence-corrected chi connectivity index (χ2v) is 16.0. The van der Waals surface area contributed by atoms with Crippen molar-refractivity contribution in [2.75, 3.05) is 39.3 Å². The molecule has 0 saturated carbocycles. The number of carboxylic acids is 2. The number of nitrogens with two attached hydrogens (primary N) is 4. The van der Waals surface area contributed by atoms with Crippen molar-refractivity contribution in [2.24, 2.45) is 33.8 Å². The molecule has 1 aliphatic heterocycles. The Hall–Kier alpha value is -7.09. The van der Waals surface area contributed by atoms with Gasteiger partial charge in [0.25, 0.3) is 0 Å². The Morgan fingerprint density at radius 1 is 0.731 bits per heavy atom. The number of benzene rings is 1. The van der Waals surface area contributed by atoms with Gasteiger partial charge in [-0.05, 0) is 75.1 Å². The van der Waals surface area contributed by atoms with Gasteiger partial charge in [-0.25, -0.2) is 4.79 Å². The molecule has 8 amide bonds. The molecule has 1 aromatic rings. The van der Waals surface area contributed by atoms with E-state index in [4.69, 9.17) is 22.9 Å². The smallest absolute Gasteiger partial charge is 0.326 e. The lowest BCUT2D eigenvalue weighted by Crippen LogP contribution is -2.59. The van der Waals surface area contributed by atoms with Crippen LogP contribution in [0.3, 0.4) is 0 Å². The van der Waals surface area contributed by atoms with Crippen molar-refractivity contribution in [3.8, 4) is 5.75 Å². The van der Waals surface area contributed by atoms with E-state index >= 15 is 0 Å². The van der Waals surface area contributed by atoms with E-state index < -0.39 is 121 Å². The minimum Gasteiger partial charge on any atom is -0.508 e. The molecule has 0 unspecified atom stereocenters. The van der Waals surface area contributed by atoms with Crippen molar-refractivity contribution in [3.63, 3.8) is 0 Å². The van der Waals surface area contributed by atoms with Crippen LogP contribution in [0.2, 0.25) is 0 Å². The summed E-state index contributed by atoms with van der Waals surface area (Å²) in [7, 11) is 0. The number of guanidine groups is 1. The number of aliphatic imine (C=N–C) groups is 1. The van der Waals surface area contributed by atoms with Gasteiger partial charge in [-0.2, -0.15) is 0 Å². The van der Waals surface area contributed by atoms with Crippen LogP contribution in [-0.2, 0) is 54.4 Å². The summed E-state index contributed by atoms with van der Waals surface area (Å²) in [4.78, 5) is 134. The molecule has 1 heterocycles. The number of hydrogen-bond donors (Lipinski definition) is 14. The quantitative estimate of drug-likeness (QED) is 0.0203. The van der Waals surface area contributed by atoms with E-state index in [0.29, 0.717) is 24.8 Å². The first kappa shape index (κ1) is 56.0. The van der Waals surface area contributed by atoms with Crippen LogP contribution in [0.4, 0.5) is 0 Å². The molecule has 0 radical (unpaired) electrons. The minimum absolute atomic E-state index is 0.0378. The Balaban J connectivity index is 2.16. The zero-order valence-electron chi connectivity index (χ0n) is 37.6. The van der Waals surface area contributed by atoms with Gasteiger partial charge in [0.1, 0.15) is 42.0 Å². The summed E-state index contributed by atoms with van der Waals surface area (Å²) >= 11 is 0. The Bertz CT molecular complexity index is 1930. The Morgan fingerprint density at radius 3 is 1.91 bits per heavy atom. The second-order valence-electron chi connectivity index (χ2n) is 16.0. The predicted molar refractivity (Wildman–Crippen MR) is 239 cm³/mol. The molecule has 0 aliphatic carbocycles. The van der Waals surface area contributed by atoms with E-state index in [1.54, 1.807) is 13.8 Å². The molecule has 2 rings (SSSR count). The van der Waals surface area contributed by atoms with Gasteiger partial charge in [-0.1, -0.05) is 26.0 Å². The fourth-order valence-corrected chi connectivity index (χ4v) is 6.83. The summed E-state index contributed by atoms with van der Waals surface area (Å²) in [5.74, 6) is -10.3. The first-order valence-electron chi connectivity index (χ1n) is 21.7. The summed E-state index contributed by atoms with van der Waals surface area (Å²) in [6, 6.07) is -2.29. The van der Waals surface area contributed by atoms with Crippen LogP contribution in [0.5, 0.6) is 5.75 Å². The maximum absolute atomic E-state index is 13.9. The number of unbranched alkanes of at least 4 members (excludes halogenated alkanes) is 1. The van der Waals surface area contributed by atoms with Crippen molar-refractivity contribution in [1.29, 1.82) is 0 Å². The summed E-state index contributed by atoms with van der Waals surface area (Å²) in [6.45, 7) is 1.94. The maximum atomic E-state index is 13.9. The van der Waals surface area contributed by atoms with Gasteiger partial charge in [0, 0.05) is 19.5 Å². The standard InChI is InChI=1S/C41H65N13O13/c1-22(2)34(38(64)51-25(7-3-4-14-42)35(61)52-26(40(66)67)8-5-15-46-41(44)45)53-36(62)27(18-33(59)60)49-32(58)21-48-37(63)29-9-6-16-54(29)39(65)28(17-23-10-12-24(55)13-11-23)50-31(57)20-47-30(56)19-43/h10-13,22,25-29,34,55H,3-9,14-21,42-43H2,1-2H3,(H,47,56)(H,48,63)(H,49,58)(H,50,57)(H,51,64)(H,52,61)(H,53,62)(H,59,60)(H,66,67)(H4,44,45,46)/t25-,26-,27-,28-,29-,34-/m0/s1. The number of nitrogens with one attached hydrogen (secondary N) is 7. The van der Waals surface area contributed by atoms with Crippen LogP contribution in [0.1, 0.15) is 70.8 Å². The van der Waals surface area contributed by atoms with Crippen molar-refractivity contribution in [2.45, 2.75) is 108 Å². The fourth-order valence-electron chi connectivity index (χ4n) is 6.83. The molecular formula is C41H65N13O13. The van der Waals surface area contributed by atoms with E-state index in [1.165, 1.54) is 29.2 Å². The van der Waals surface area contributed by atoms with Gasteiger partial charge in [0.2, 0.25) is 47.3 Å². The summed E-state index contributed by atoms with van der Waals surface area (Å²) in [5.41, 5.74) is 22.0. The van der Waals surface area contributed by atoms with Gasteiger partial charge in [-0.3, -0.25) is 48.1 Å². The Labute approximate surface area is 386 Å². The number of carboxylic acid groups (broad SMARTS) is 2. The molecule has 0 bridgehead atoms. The molecule has 372 valence electrons. The van der Waals surface area contributed by atoms with E-state index in [-0.39, 0.29) is 70.0 Å². The molecule has 1 aromatic carbocycles. The molecule has 18 N–H and O–H groups in total. The number of aromatic hydroxyl groups is 1. The van der Waals surface area contributed by atoms with Crippen LogP contribution >= 0.6 is 0 Å². The number of rotatable bonds is 29. The van der Waals surface area contributed by atoms with Crippen molar-refractivity contribution < 1.29 is 63.3 Å². The summed E-state index contributed by atoms with van der Waals surface area (Å²) < 4.78 is 0. The summed E-state index contributed by atoms with van der Waals surface area (Å²) in [6.07, 6.45) is 0.546. The highest BCUT2D eigenvalue weighted by molar-refractivity contribution is 5.98. The number of carbonyl (C=O) groups is 10. The molecular weight excluding hydrogens is 883 g/mol. The molecule has 1 aliphatic rings. The second kappa shape index (κ2) is 28.7. The normalized spacial score (nSPS) is 15.4. The van der Waals surface area contributed by atoms with Crippen LogP contribution in [-0.4, -0.2) is 161 Å². The first-order valence-corrected chi connectivity index (χ1v) is 21.7. The number of likely N-dealkylation sites (tertiary alicyclic amines) is 1. The molecule has 0 aromatic heterocycles. The lowest BCUT2D eigenvalue weighted by atomic mass is 10.0. The van der Waals surface area contributed by atoms with Crippen LogP contribution < -0.4 is 60.2 Å². The number of phenolic OH excluding ortho intramolecular Hbond substituents is 1. The molecule has 6 atom stereocenters. The highest BCUT2D eigenvalue weighted by Crippen LogP contribution is 2.20. The van der Waals surface area contributed by atoms with Gasteiger partial charge >= 0.3 is 11.9 Å². The topological polar surface area (TPSA) is 435 Å². The largest absolute Gasteiger partial charge is 0.508 e. The van der Waals surface area contributed by atoms with Gasteiger partial charge in [-0.15, -0.1) is 0 Å². The SMILES string of the molecule is CC(C)[C@H](NC(=O)[C@H](CC(=O)O)NC(=O)CNC(=O)[C@@H]1CCCN1C(=O)[C@H](Cc1ccc(O)cc1)NC(=O)CNC(=O)CN)C(=O)N[C@@H](CCCCN)C(=O)N[C@@H](CCCN=C(N)N)C(=O)O. The van der Waals surface area contributed by atoms with Gasteiger partial charge in [0.05, 0.1) is 26.1 Å². The highest BCUT2D eigenvalue weighted by atomic mass is 16.4. The minimum atomic E-state index is -1.77. The highest BCUT2D eigenvalue weighted by Gasteiger charge is 2.38. The predicted octanol–water partition coefficient (Wildman–Crippen LogP) is -5.06. The monoisotopic (exact) mass is 947 g/mol. The average Bonchev–Trinajstić information content (AvgIpc) is 3.77. The van der Waals surface area contributed by atoms with Gasteiger partial charge in [0.15, 0.2) is 5.96 Å². The number of hydrogen-bond acceptors (Lipinski definition) is 14. The van der Waals surface area contributed by atoms with Crippen LogP contribution in [0.15, 0.2) is 29.3 Å². The number of amides is 8. The van der Waals surface area contributed by atoms with Crippen molar-refractivity contribution >= 4 is 65.2 Å². The van der Waals surface area contributed by atoms with Crippen molar-refractivity contribution in [1.82, 2.24) is 42.1 Å². The maximum Gasteiger partial charge on any atom is 0.326 e. The third kappa shape index (κ3) is 20.3. The summed E-state index contributed by atoms with van der Waals surface area (Å²) in [5, 5.41) is 45.9. The zero-order valence-corrected chi connectivity index (χ0v) is 37.6. The molecule has 1 saturated heterocycles. The third-order valence-corrected chi connectivity index (χ3v) is 10.3. The zero-order chi connectivity index (χ0) is 50.2. The van der Waals surface area contributed by atoms with Crippen molar-refractivity contribution in [3.05, 3.63) is 29.8 Å². The fraction of sp³-hybridized carbons (Fsp3) is 0.585. The number of aliphatic carboxylic acids is 2.